The molecule has 0 unspecified atom stereocenters. The molecule has 2 aliphatic heterocycles. The Labute approximate surface area is 121 Å². The van der Waals surface area contributed by atoms with Crippen LogP contribution in [0, 0.1) is 0 Å². The average molecular weight is 303 g/mol. The summed E-state index contributed by atoms with van der Waals surface area (Å²) in [5.74, 6) is 0.192. The summed E-state index contributed by atoms with van der Waals surface area (Å²) >= 11 is 0. The van der Waals surface area contributed by atoms with E-state index in [1.54, 1.807) is 0 Å². The van der Waals surface area contributed by atoms with Crippen molar-refractivity contribution >= 4 is 15.9 Å². The summed E-state index contributed by atoms with van der Waals surface area (Å²) in [6, 6.07) is 0. The molecule has 0 aromatic carbocycles. The zero-order valence-corrected chi connectivity index (χ0v) is 13.1. The molecule has 0 spiro atoms. The number of hydrogen-bond acceptors (Lipinski definition) is 4. The van der Waals surface area contributed by atoms with E-state index in [9.17, 15) is 13.2 Å². The van der Waals surface area contributed by atoms with Crippen molar-refractivity contribution in [2.24, 2.45) is 0 Å². The minimum atomic E-state index is -3.11. The molecule has 0 aromatic rings. The number of carbonyl (C=O) groups is 1. The van der Waals surface area contributed by atoms with E-state index in [-0.39, 0.29) is 5.91 Å². The average Bonchev–Trinajstić information content (AvgIpc) is 2.65. The number of rotatable bonds is 3. The summed E-state index contributed by atoms with van der Waals surface area (Å²) < 4.78 is 24.6. The standard InChI is InChI=1S/C13H25N3O3S/c1-20(18,19)16-9-5-6-14(10-11-16)12-13(17)15-7-3-2-4-8-15/h2-12H2,1H3. The largest absolute Gasteiger partial charge is 0.342 e. The van der Waals surface area contributed by atoms with Crippen LogP contribution < -0.4 is 0 Å². The van der Waals surface area contributed by atoms with Crippen LogP contribution in [-0.4, -0.2) is 80.5 Å². The van der Waals surface area contributed by atoms with Gasteiger partial charge < -0.3 is 4.90 Å². The van der Waals surface area contributed by atoms with Gasteiger partial charge in [-0.2, -0.15) is 0 Å². The maximum absolute atomic E-state index is 12.2. The molecular formula is C13H25N3O3S. The number of piperidine rings is 1. The molecule has 6 nitrogen and oxygen atoms in total. The number of likely N-dealkylation sites (tertiary alicyclic amines) is 1. The summed E-state index contributed by atoms with van der Waals surface area (Å²) in [5.41, 5.74) is 0. The first-order chi connectivity index (χ1) is 9.47. The van der Waals surface area contributed by atoms with E-state index >= 15 is 0 Å². The van der Waals surface area contributed by atoms with E-state index in [1.165, 1.54) is 17.0 Å². The minimum Gasteiger partial charge on any atom is -0.342 e. The molecule has 2 saturated heterocycles. The molecule has 0 N–H and O–H groups in total. The number of nitrogens with zero attached hydrogens (tertiary/aromatic N) is 3. The third-order valence-electron chi connectivity index (χ3n) is 4.08. The Kier molecular flexibility index (Phi) is 5.40. The molecule has 20 heavy (non-hydrogen) atoms. The lowest BCUT2D eigenvalue weighted by molar-refractivity contribution is -0.133. The summed E-state index contributed by atoms with van der Waals surface area (Å²) in [4.78, 5) is 16.2. The van der Waals surface area contributed by atoms with Gasteiger partial charge in [-0.1, -0.05) is 0 Å². The van der Waals surface area contributed by atoms with Gasteiger partial charge in [0.15, 0.2) is 0 Å². The zero-order chi connectivity index (χ0) is 14.6. The van der Waals surface area contributed by atoms with Crippen LogP contribution in [0.1, 0.15) is 25.7 Å². The Hall–Kier alpha value is -0.660. The SMILES string of the molecule is CS(=O)(=O)N1CCCN(CC(=O)N2CCCCC2)CC1. The number of carbonyl (C=O) groups excluding carboxylic acids is 1. The number of hydrogen-bond donors (Lipinski definition) is 0. The maximum Gasteiger partial charge on any atom is 0.236 e. The topological polar surface area (TPSA) is 60.9 Å². The second-order valence-electron chi connectivity index (χ2n) is 5.73. The van der Waals surface area contributed by atoms with Crippen LogP contribution in [0.3, 0.4) is 0 Å². The molecule has 7 heteroatoms. The predicted octanol–water partition coefficient (Wildman–Crippen LogP) is -0.0338. The molecule has 2 heterocycles. The molecule has 0 aliphatic carbocycles. The van der Waals surface area contributed by atoms with Crippen LogP contribution in [0.4, 0.5) is 0 Å². The Bertz CT molecular complexity index is 432. The second kappa shape index (κ2) is 6.87. The highest BCUT2D eigenvalue weighted by Gasteiger charge is 2.24. The summed E-state index contributed by atoms with van der Waals surface area (Å²) in [6.07, 6.45) is 5.47. The van der Waals surface area contributed by atoms with Crippen molar-refractivity contribution in [3.8, 4) is 0 Å². The van der Waals surface area contributed by atoms with Gasteiger partial charge in [-0.25, -0.2) is 12.7 Å². The quantitative estimate of drug-likeness (QED) is 0.734. The monoisotopic (exact) mass is 303 g/mol. The Balaban J connectivity index is 1.83. The third-order valence-corrected chi connectivity index (χ3v) is 5.39. The van der Waals surface area contributed by atoms with Crippen LogP contribution in [0.5, 0.6) is 0 Å². The molecular weight excluding hydrogens is 278 g/mol. The van der Waals surface area contributed by atoms with E-state index in [4.69, 9.17) is 0 Å². The first-order valence-corrected chi connectivity index (χ1v) is 9.27. The van der Waals surface area contributed by atoms with Gasteiger partial charge >= 0.3 is 0 Å². The van der Waals surface area contributed by atoms with Crippen molar-refractivity contribution in [1.82, 2.24) is 14.1 Å². The molecule has 2 fully saturated rings. The Morgan fingerprint density at radius 2 is 1.60 bits per heavy atom. The molecule has 0 bridgehead atoms. The van der Waals surface area contributed by atoms with E-state index in [0.29, 0.717) is 26.2 Å². The molecule has 116 valence electrons. The molecule has 0 saturated carbocycles. The van der Waals surface area contributed by atoms with Gasteiger partial charge in [0.25, 0.3) is 0 Å². The van der Waals surface area contributed by atoms with Crippen LogP contribution in [-0.2, 0) is 14.8 Å². The van der Waals surface area contributed by atoms with Crippen LogP contribution in [0.25, 0.3) is 0 Å². The van der Waals surface area contributed by atoms with Gasteiger partial charge in [-0.05, 0) is 32.2 Å². The van der Waals surface area contributed by atoms with Crippen molar-refractivity contribution in [3.63, 3.8) is 0 Å². The van der Waals surface area contributed by atoms with Gasteiger partial charge in [0.2, 0.25) is 15.9 Å². The molecule has 0 aromatic heterocycles. The van der Waals surface area contributed by atoms with Gasteiger partial charge in [0.05, 0.1) is 12.8 Å². The normalized spacial score (nSPS) is 23.6. The maximum atomic E-state index is 12.2. The zero-order valence-electron chi connectivity index (χ0n) is 12.3. The smallest absolute Gasteiger partial charge is 0.236 e. The fourth-order valence-electron chi connectivity index (χ4n) is 2.87. The fraction of sp³-hybridized carbons (Fsp3) is 0.923. The molecule has 1 amide bonds. The van der Waals surface area contributed by atoms with Gasteiger partial charge in [-0.3, -0.25) is 9.69 Å². The lowest BCUT2D eigenvalue weighted by atomic mass is 10.1. The second-order valence-corrected chi connectivity index (χ2v) is 7.72. The van der Waals surface area contributed by atoms with Crippen molar-refractivity contribution < 1.29 is 13.2 Å². The predicted molar refractivity (Wildman–Crippen MR) is 77.9 cm³/mol. The van der Waals surface area contributed by atoms with E-state index in [1.807, 2.05) is 4.90 Å². The first kappa shape index (κ1) is 15.7. The number of amides is 1. The van der Waals surface area contributed by atoms with Crippen LogP contribution >= 0.6 is 0 Å². The van der Waals surface area contributed by atoms with Crippen molar-refractivity contribution in [2.45, 2.75) is 25.7 Å². The van der Waals surface area contributed by atoms with Crippen molar-refractivity contribution in [2.75, 3.05) is 52.1 Å². The first-order valence-electron chi connectivity index (χ1n) is 7.42. The number of sulfonamides is 1. The highest BCUT2D eigenvalue weighted by molar-refractivity contribution is 7.88. The van der Waals surface area contributed by atoms with Crippen molar-refractivity contribution in [3.05, 3.63) is 0 Å². The van der Waals surface area contributed by atoms with E-state index in [2.05, 4.69) is 4.90 Å². The highest BCUT2D eigenvalue weighted by Crippen LogP contribution is 2.11. The fourth-order valence-corrected chi connectivity index (χ4v) is 3.75. The third kappa shape index (κ3) is 4.43. The van der Waals surface area contributed by atoms with Gasteiger partial charge in [0, 0.05) is 32.7 Å². The van der Waals surface area contributed by atoms with E-state index < -0.39 is 10.0 Å². The minimum absolute atomic E-state index is 0.192. The molecule has 2 aliphatic rings. The van der Waals surface area contributed by atoms with Crippen LogP contribution in [0.15, 0.2) is 0 Å². The highest BCUT2D eigenvalue weighted by atomic mass is 32.2. The van der Waals surface area contributed by atoms with Crippen molar-refractivity contribution in [1.29, 1.82) is 0 Å². The molecule has 0 radical (unpaired) electrons. The summed E-state index contributed by atoms with van der Waals surface area (Å²) in [5, 5.41) is 0. The summed E-state index contributed by atoms with van der Waals surface area (Å²) in [6.45, 7) is 4.68. The Morgan fingerprint density at radius 1 is 0.900 bits per heavy atom. The van der Waals surface area contributed by atoms with E-state index in [0.717, 1.165) is 38.9 Å². The van der Waals surface area contributed by atoms with Crippen LogP contribution in [0.2, 0.25) is 0 Å². The Morgan fingerprint density at radius 3 is 2.25 bits per heavy atom. The van der Waals surface area contributed by atoms with Gasteiger partial charge in [-0.15, -0.1) is 0 Å². The van der Waals surface area contributed by atoms with Gasteiger partial charge in [0.1, 0.15) is 0 Å². The lowest BCUT2D eigenvalue weighted by Crippen LogP contribution is -2.43. The summed E-state index contributed by atoms with van der Waals surface area (Å²) in [7, 11) is -3.11. The molecule has 2 rings (SSSR count). The molecule has 0 atom stereocenters. The lowest BCUT2D eigenvalue weighted by Gasteiger charge is -2.29.